The van der Waals surface area contributed by atoms with Crippen molar-refractivity contribution in [3.63, 3.8) is 0 Å². The molecule has 2 aromatic rings. The number of halogens is 2. The second-order valence-electron chi connectivity index (χ2n) is 3.36. The standard InChI is InChI=1S/C11H11Br2NO2/c1-14-5-6-3-7-10(13)9(15-2)4-8(12)11(7)16-6/h3-4,14H,5H2,1-2H3. The number of hydrogen-bond donors (Lipinski definition) is 1. The third-order valence-corrected chi connectivity index (χ3v) is 3.69. The minimum absolute atomic E-state index is 0.704. The molecule has 1 aromatic heterocycles. The molecular weight excluding hydrogens is 338 g/mol. The number of furan rings is 1. The zero-order chi connectivity index (χ0) is 11.7. The van der Waals surface area contributed by atoms with Crippen LogP contribution in [0.3, 0.4) is 0 Å². The summed E-state index contributed by atoms with van der Waals surface area (Å²) < 4.78 is 12.8. The first-order chi connectivity index (χ1) is 7.67. The van der Waals surface area contributed by atoms with Crippen LogP contribution in [-0.4, -0.2) is 14.2 Å². The first-order valence-corrected chi connectivity index (χ1v) is 6.35. The van der Waals surface area contributed by atoms with Gasteiger partial charge in [0.2, 0.25) is 0 Å². The first-order valence-electron chi connectivity index (χ1n) is 4.76. The summed E-state index contributed by atoms with van der Waals surface area (Å²) in [6, 6.07) is 3.89. The first kappa shape index (κ1) is 12.0. The maximum atomic E-state index is 5.72. The van der Waals surface area contributed by atoms with E-state index in [0.717, 1.165) is 31.4 Å². The van der Waals surface area contributed by atoms with Crippen LogP contribution in [0.5, 0.6) is 5.75 Å². The van der Waals surface area contributed by atoms with Gasteiger partial charge >= 0.3 is 0 Å². The fraction of sp³-hybridized carbons (Fsp3) is 0.273. The Kier molecular flexibility index (Phi) is 3.56. The normalized spacial score (nSPS) is 11.0. The van der Waals surface area contributed by atoms with Crippen LogP contribution < -0.4 is 10.1 Å². The molecule has 0 aliphatic carbocycles. The van der Waals surface area contributed by atoms with E-state index in [4.69, 9.17) is 9.15 Å². The van der Waals surface area contributed by atoms with Crippen molar-refractivity contribution in [2.24, 2.45) is 0 Å². The van der Waals surface area contributed by atoms with Crippen LogP contribution >= 0.6 is 31.9 Å². The van der Waals surface area contributed by atoms with Crippen molar-refractivity contribution in [2.75, 3.05) is 14.2 Å². The summed E-state index contributed by atoms with van der Waals surface area (Å²) in [5.41, 5.74) is 0.831. The van der Waals surface area contributed by atoms with E-state index in [1.807, 2.05) is 19.2 Å². The lowest BCUT2D eigenvalue weighted by molar-refractivity contribution is 0.412. The van der Waals surface area contributed by atoms with Crippen LogP contribution in [-0.2, 0) is 6.54 Å². The van der Waals surface area contributed by atoms with Gasteiger partial charge in [-0.25, -0.2) is 0 Å². The fourth-order valence-corrected chi connectivity index (χ4v) is 2.64. The van der Waals surface area contributed by atoms with Gasteiger partial charge < -0.3 is 14.5 Å². The van der Waals surface area contributed by atoms with Crippen LogP contribution in [0.25, 0.3) is 11.0 Å². The second-order valence-corrected chi connectivity index (χ2v) is 5.01. The van der Waals surface area contributed by atoms with Crippen LogP contribution in [0.15, 0.2) is 25.5 Å². The summed E-state index contributed by atoms with van der Waals surface area (Å²) in [6.07, 6.45) is 0. The molecule has 0 saturated heterocycles. The zero-order valence-corrected chi connectivity index (χ0v) is 12.1. The topological polar surface area (TPSA) is 34.4 Å². The molecular formula is C11H11Br2NO2. The molecule has 0 fully saturated rings. The third-order valence-electron chi connectivity index (χ3n) is 2.28. The molecule has 0 aliphatic heterocycles. The Bertz CT molecular complexity index is 522. The molecule has 3 nitrogen and oxygen atoms in total. The summed E-state index contributed by atoms with van der Waals surface area (Å²) in [7, 11) is 3.53. The van der Waals surface area contributed by atoms with E-state index < -0.39 is 0 Å². The highest BCUT2D eigenvalue weighted by molar-refractivity contribution is 9.11. The zero-order valence-electron chi connectivity index (χ0n) is 8.93. The highest BCUT2D eigenvalue weighted by atomic mass is 79.9. The van der Waals surface area contributed by atoms with Gasteiger partial charge in [0.1, 0.15) is 17.1 Å². The highest BCUT2D eigenvalue weighted by Crippen LogP contribution is 2.39. The van der Waals surface area contributed by atoms with Gasteiger partial charge in [-0.15, -0.1) is 0 Å². The molecule has 86 valence electrons. The van der Waals surface area contributed by atoms with Gasteiger partial charge in [0.15, 0.2) is 0 Å². The fourth-order valence-electron chi connectivity index (χ4n) is 1.57. The Labute approximate surface area is 110 Å². The quantitative estimate of drug-likeness (QED) is 0.918. The summed E-state index contributed by atoms with van der Waals surface area (Å²) in [5, 5.41) is 4.07. The van der Waals surface area contributed by atoms with Crippen molar-refractivity contribution in [2.45, 2.75) is 6.54 Å². The number of fused-ring (bicyclic) bond motifs is 1. The van der Waals surface area contributed by atoms with Gasteiger partial charge in [0, 0.05) is 5.39 Å². The molecule has 0 saturated carbocycles. The maximum Gasteiger partial charge on any atom is 0.149 e. The van der Waals surface area contributed by atoms with Gasteiger partial charge in [-0.05, 0) is 51.0 Å². The predicted octanol–water partition coefficient (Wildman–Crippen LogP) is 3.69. The smallest absolute Gasteiger partial charge is 0.149 e. The molecule has 0 bridgehead atoms. The van der Waals surface area contributed by atoms with Crippen molar-refractivity contribution in [1.82, 2.24) is 5.32 Å². The van der Waals surface area contributed by atoms with E-state index in [0.29, 0.717) is 6.54 Å². The van der Waals surface area contributed by atoms with Gasteiger partial charge in [-0.2, -0.15) is 0 Å². The van der Waals surface area contributed by atoms with Crippen LogP contribution in [0, 0.1) is 0 Å². The number of hydrogen-bond acceptors (Lipinski definition) is 3. The molecule has 0 unspecified atom stereocenters. The lowest BCUT2D eigenvalue weighted by atomic mass is 10.2. The largest absolute Gasteiger partial charge is 0.496 e. The van der Waals surface area contributed by atoms with Crippen molar-refractivity contribution in [3.05, 3.63) is 26.8 Å². The van der Waals surface area contributed by atoms with E-state index >= 15 is 0 Å². The monoisotopic (exact) mass is 347 g/mol. The van der Waals surface area contributed by atoms with E-state index in [1.54, 1.807) is 7.11 Å². The van der Waals surface area contributed by atoms with Crippen LogP contribution in [0.4, 0.5) is 0 Å². The minimum Gasteiger partial charge on any atom is -0.496 e. The molecule has 0 radical (unpaired) electrons. The average molecular weight is 349 g/mol. The maximum absolute atomic E-state index is 5.72. The number of nitrogens with one attached hydrogen (secondary N) is 1. The van der Waals surface area contributed by atoms with E-state index in [2.05, 4.69) is 37.2 Å². The Hall–Kier alpha value is -0.520. The molecule has 1 aromatic carbocycles. The molecule has 5 heteroatoms. The summed E-state index contributed by atoms with van der Waals surface area (Å²) in [5.74, 6) is 1.68. The van der Waals surface area contributed by atoms with E-state index in [-0.39, 0.29) is 0 Å². The van der Waals surface area contributed by atoms with Gasteiger partial charge in [-0.3, -0.25) is 0 Å². The van der Waals surface area contributed by atoms with Crippen LogP contribution in [0.1, 0.15) is 5.76 Å². The Morgan fingerprint density at radius 1 is 1.38 bits per heavy atom. The van der Waals surface area contributed by atoms with Gasteiger partial charge in [0.05, 0.1) is 22.6 Å². The molecule has 16 heavy (non-hydrogen) atoms. The summed E-state index contributed by atoms with van der Waals surface area (Å²) in [4.78, 5) is 0. The lowest BCUT2D eigenvalue weighted by Gasteiger charge is -2.04. The van der Waals surface area contributed by atoms with Crippen LogP contribution in [0.2, 0.25) is 0 Å². The Morgan fingerprint density at radius 3 is 2.75 bits per heavy atom. The van der Waals surface area contributed by atoms with E-state index in [9.17, 15) is 0 Å². The molecule has 1 heterocycles. The molecule has 1 N–H and O–H groups in total. The number of rotatable bonds is 3. The highest BCUT2D eigenvalue weighted by Gasteiger charge is 2.14. The molecule has 0 amide bonds. The average Bonchev–Trinajstić information content (AvgIpc) is 2.68. The number of benzene rings is 1. The third kappa shape index (κ3) is 1.99. The lowest BCUT2D eigenvalue weighted by Crippen LogP contribution is -2.03. The SMILES string of the molecule is CNCc1cc2c(Br)c(OC)cc(Br)c2o1. The summed E-state index contributed by atoms with van der Waals surface area (Å²) in [6.45, 7) is 0.704. The molecule has 0 atom stereocenters. The van der Waals surface area contributed by atoms with E-state index in [1.165, 1.54) is 0 Å². The second kappa shape index (κ2) is 4.77. The number of methoxy groups -OCH3 is 1. The molecule has 2 rings (SSSR count). The minimum atomic E-state index is 0.704. The summed E-state index contributed by atoms with van der Waals surface area (Å²) >= 11 is 6.99. The molecule has 0 aliphatic rings. The Balaban J connectivity index is 2.65. The Morgan fingerprint density at radius 2 is 2.12 bits per heavy atom. The number of ether oxygens (including phenoxy) is 1. The van der Waals surface area contributed by atoms with Crippen molar-refractivity contribution < 1.29 is 9.15 Å². The van der Waals surface area contributed by atoms with Crippen molar-refractivity contribution in [3.8, 4) is 5.75 Å². The van der Waals surface area contributed by atoms with Gasteiger partial charge in [-0.1, -0.05) is 0 Å². The molecule has 0 spiro atoms. The van der Waals surface area contributed by atoms with Crippen molar-refractivity contribution in [1.29, 1.82) is 0 Å². The predicted molar refractivity (Wildman–Crippen MR) is 70.9 cm³/mol. The van der Waals surface area contributed by atoms with Gasteiger partial charge in [0.25, 0.3) is 0 Å². The van der Waals surface area contributed by atoms with Crippen molar-refractivity contribution >= 4 is 42.8 Å².